The van der Waals surface area contributed by atoms with E-state index in [2.05, 4.69) is 24.3 Å². The van der Waals surface area contributed by atoms with E-state index < -0.39 is 18.0 Å². The van der Waals surface area contributed by atoms with Crippen LogP contribution in [0.2, 0.25) is 0 Å². The summed E-state index contributed by atoms with van der Waals surface area (Å²) in [5, 5.41) is 8.23. The van der Waals surface area contributed by atoms with Gasteiger partial charge < -0.3 is 10.1 Å². The number of nitrogens with one attached hydrogen (secondary N) is 1. The third-order valence-electron chi connectivity index (χ3n) is 5.28. The Kier molecular flexibility index (Phi) is 7.18. The summed E-state index contributed by atoms with van der Waals surface area (Å²) in [7, 11) is 0. The minimum atomic E-state index is -1.01. The number of rotatable bonds is 7. The van der Waals surface area contributed by atoms with Crippen LogP contribution in [0, 0.1) is 0 Å². The molecule has 2 aromatic carbocycles. The lowest BCUT2D eigenvalue weighted by Crippen LogP contribution is -2.37. The van der Waals surface area contributed by atoms with Gasteiger partial charge in [0.05, 0.1) is 5.69 Å². The van der Waals surface area contributed by atoms with Crippen LogP contribution in [0.3, 0.4) is 0 Å². The highest BCUT2D eigenvalue weighted by molar-refractivity contribution is 6.38. The molecule has 1 aliphatic rings. The summed E-state index contributed by atoms with van der Waals surface area (Å²) in [6, 6.07) is 16.5. The van der Waals surface area contributed by atoms with E-state index in [9.17, 15) is 14.4 Å². The summed E-state index contributed by atoms with van der Waals surface area (Å²) in [6.07, 6.45) is 0.245. The first-order chi connectivity index (χ1) is 14.9. The molecule has 0 saturated heterocycles. The van der Waals surface area contributed by atoms with Crippen molar-refractivity contribution >= 4 is 34.9 Å². The van der Waals surface area contributed by atoms with Gasteiger partial charge in [0.15, 0.2) is 6.10 Å². The number of ether oxygens (including phenoxy) is 1. The molecule has 2 unspecified atom stereocenters. The van der Waals surface area contributed by atoms with Gasteiger partial charge in [-0.1, -0.05) is 50.2 Å². The van der Waals surface area contributed by atoms with Crippen LogP contribution < -0.4 is 10.3 Å². The van der Waals surface area contributed by atoms with Crippen LogP contribution in [0.4, 0.5) is 11.4 Å². The topological polar surface area (TPSA) is 88.1 Å². The van der Waals surface area contributed by atoms with Crippen LogP contribution in [0.1, 0.15) is 51.5 Å². The van der Waals surface area contributed by atoms with E-state index >= 15 is 0 Å². The Morgan fingerprint density at radius 3 is 2.45 bits per heavy atom. The monoisotopic (exact) mass is 421 g/mol. The molecule has 1 aliphatic heterocycles. The standard InChI is InChI=1S/C24H27N3O4/c1-4-16(2)19-12-8-9-13-20(19)25-23(29)17(3)31-24(30)21-14-15-22(28)27(26-21)18-10-6-5-7-11-18/h5-13,16-17H,4,14-15H2,1-3H3,(H,25,29). The highest BCUT2D eigenvalue weighted by atomic mass is 16.5. The summed E-state index contributed by atoms with van der Waals surface area (Å²) in [5.74, 6) is -1.04. The van der Waals surface area contributed by atoms with Crippen molar-refractivity contribution in [3.63, 3.8) is 0 Å². The third kappa shape index (κ3) is 5.36. The Morgan fingerprint density at radius 2 is 1.74 bits per heavy atom. The lowest BCUT2D eigenvalue weighted by atomic mass is 9.97. The molecular weight excluding hydrogens is 394 g/mol. The highest BCUT2D eigenvalue weighted by Gasteiger charge is 2.28. The van der Waals surface area contributed by atoms with Crippen LogP contribution in [-0.4, -0.2) is 29.6 Å². The Labute approximate surface area is 182 Å². The molecule has 0 fully saturated rings. The number of hydrogen-bond acceptors (Lipinski definition) is 5. The molecule has 0 saturated carbocycles. The fourth-order valence-corrected chi connectivity index (χ4v) is 3.25. The Balaban J connectivity index is 1.68. The molecular formula is C24H27N3O4. The first-order valence-corrected chi connectivity index (χ1v) is 10.5. The van der Waals surface area contributed by atoms with Gasteiger partial charge in [-0.15, -0.1) is 0 Å². The largest absolute Gasteiger partial charge is 0.448 e. The number of para-hydroxylation sites is 2. The zero-order valence-corrected chi connectivity index (χ0v) is 18.0. The second kappa shape index (κ2) is 10.0. The number of amides is 2. The van der Waals surface area contributed by atoms with E-state index in [0.717, 1.165) is 12.0 Å². The van der Waals surface area contributed by atoms with Gasteiger partial charge in [0, 0.05) is 18.5 Å². The third-order valence-corrected chi connectivity index (χ3v) is 5.28. The number of hydrazone groups is 1. The quantitative estimate of drug-likeness (QED) is 0.677. The highest BCUT2D eigenvalue weighted by Crippen LogP contribution is 2.26. The Morgan fingerprint density at radius 1 is 1.06 bits per heavy atom. The maximum atomic E-state index is 12.6. The van der Waals surface area contributed by atoms with Crippen LogP contribution in [0.5, 0.6) is 0 Å². The molecule has 31 heavy (non-hydrogen) atoms. The first kappa shape index (κ1) is 22.2. The molecule has 0 bridgehead atoms. The van der Waals surface area contributed by atoms with E-state index in [1.54, 1.807) is 24.3 Å². The Bertz CT molecular complexity index is 987. The number of esters is 1. The molecule has 3 rings (SSSR count). The SMILES string of the molecule is CCC(C)c1ccccc1NC(=O)C(C)OC(=O)C1=NN(c2ccccc2)C(=O)CC1. The van der Waals surface area contributed by atoms with Gasteiger partial charge in [-0.3, -0.25) is 9.59 Å². The zero-order valence-electron chi connectivity index (χ0n) is 18.0. The molecule has 0 aromatic heterocycles. The van der Waals surface area contributed by atoms with Gasteiger partial charge >= 0.3 is 5.97 Å². The fourth-order valence-electron chi connectivity index (χ4n) is 3.25. The van der Waals surface area contributed by atoms with E-state index in [1.165, 1.54) is 11.9 Å². The average molecular weight is 421 g/mol. The molecule has 0 radical (unpaired) electrons. The summed E-state index contributed by atoms with van der Waals surface area (Å²) >= 11 is 0. The lowest BCUT2D eigenvalue weighted by molar-refractivity contribution is -0.146. The average Bonchev–Trinajstić information content (AvgIpc) is 2.79. The van der Waals surface area contributed by atoms with Crippen molar-refractivity contribution < 1.29 is 19.1 Å². The fraction of sp³-hybridized carbons (Fsp3) is 0.333. The van der Waals surface area contributed by atoms with Gasteiger partial charge in [-0.2, -0.15) is 5.10 Å². The number of anilines is 2. The van der Waals surface area contributed by atoms with Crippen LogP contribution in [-0.2, 0) is 19.1 Å². The van der Waals surface area contributed by atoms with E-state index in [0.29, 0.717) is 11.4 Å². The number of carbonyl (C=O) groups excluding carboxylic acids is 3. The number of hydrogen-bond donors (Lipinski definition) is 1. The first-order valence-electron chi connectivity index (χ1n) is 10.5. The molecule has 162 valence electrons. The number of nitrogens with zero attached hydrogens (tertiary/aromatic N) is 2. The molecule has 2 atom stereocenters. The number of carbonyl (C=O) groups is 3. The summed E-state index contributed by atoms with van der Waals surface area (Å²) in [4.78, 5) is 37.4. The maximum absolute atomic E-state index is 12.6. The van der Waals surface area contributed by atoms with Crippen molar-refractivity contribution in [2.45, 2.75) is 52.1 Å². The second-order valence-corrected chi connectivity index (χ2v) is 7.52. The van der Waals surface area contributed by atoms with Crippen molar-refractivity contribution in [3.05, 3.63) is 60.2 Å². The van der Waals surface area contributed by atoms with E-state index in [4.69, 9.17) is 4.74 Å². The van der Waals surface area contributed by atoms with Gasteiger partial charge in [-0.25, -0.2) is 9.80 Å². The van der Waals surface area contributed by atoms with Gasteiger partial charge in [0.2, 0.25) is 5.91 Å². The minimum absolute atomic E-state index is 0.114. The van der Waals surface area contributed by atoms with Crippen molar-refractivity contribution in [2.24, 2.45) is 5.10 Å². The van der Waals surface area contributed by atoms with Crippen molar-refractivity contribution in [2.75, 3.05) is 10.3 Å². The summed E-state index contributed by atoms with van der Waals surface area (Å²) in [5.41, 5.74) is 2.43. The predicted molar refractivity (Wildman–Crippen MR) is 120 cm³/mol. The molecule has 0 spiro atoms. The van der Waals surface area contributed by atoms with Crippen molar-refractivity contribution in [1.29, 1.82) is 0 Å². The lowest BCUT2D eigenvalue weighted by Gasteiger charge is -2.23. The molecule has 7 heteroatoms. The number of benzene rings is 2. The van der Waals surface area contributed by atoms with Crippen LogP contribution in [0.15, 0.2) is 59.7 Å². The molecule has 1 heterocycles. The normalized spacial score (nSPS) is 15.6. The van der Waals surface area contributed by atoms with Crippen LogP contribution in [0.25, 0.3) is 0 Å². The molecule has 0 aliphatic carbocycles. The zero-order chi connectivity index (χ0) is 22.4. The van der Waals surface area contributed by atoms with Gasteiger partial charge in [-0.05, 0) is 43.0 Å². The molecule has 7 nitrogen and oxygen atoms in total. The molecule has 2 amide bonds. The van der Waals surface area contributed by atoms with Crippen molar-refractivity contribution in [1.82, 2.24) is 0 Å². The van der Waals surface area contributed by atoms with Gasteiger partial charge in [0.25, 0.3) is 5.91 Å². The Hall–Kier alpha value is -3.48. The van der Waals surface area contributed by atoms with E-state index in [-0.39, 0.29) is 30.4 Å². The smallest absolute Gasteiger partial charge is 0.355 e. The molecule has 1 N–H and O–H groups in total. The van der Waals surface area contributed by atoms with Gasteiger partial charge in [0.1, 0.15) is 5.71 Å². The molecule has 2 aromatic rings. The van der Waals surface area contributed by atoms with Crippen molar-refractivity contribution in [3.8, 4) is 0 Å². The summed E-state index contributed by atoms with van der Waals surface area (Å²) < 4.78 is 5.35. The predicted octanol–water partition coefficient (Wildman–Crippen LogP) is 4.25. The summed E-state index contributed by atoms with van der Waals surface area (Å²) in [6.45, 7) is 5.69. The minimum Gasteiger partial charge on any atom is -0.448 e. The second-order valence-electron chi connectivity index (χ2n) is 7.52. The van der Waals surface area contributed by atoms with E-state index in [1.807, 2.05) is 30.3 Å². The van der Waals surface area contributed by atoms with Crippen LogP contribution >= 0.6 is 0 Å². The maximum Gasteiger partial charge on any atom is 0.355 e.